The predicted octanol–water partition coefficient (Wildman–Crippen LogP) is 0.392. The van der Waals surface area contributed by atoms with Gasteiger partial charge in [0, 0.05) is 11.9 Å². The molecule has 0 saturated carbocycles. The summed E-state index contributed by atoms with van der Waals surface area (Å²) in [4.78, 5) is 24.4. The van der Waals surface area contributed by atoms with Crippen LogP contribution in [0.1, 0.15) is 5.69 Å². The third-order valence-corrected chi connectivity index (χ3v) is 1.21. The van der Waals surface area contributed by atoms with Crippen LogP contribution < -0.4 is 0 Å². The first-order chi connectivity index (χ1) is 5.33. The van der Waals surface area contributed by atoms with Gasteiger partial charge in [-0.15, -0.1) is 0 Å². The van der Waals surface area contributed by atoms with Gasteiger partial charge in [-0.1, -0.05) is 6.07 Å². The number of rotatable bonds is 3. The van der Waals surface area contributed by atoms with Gasteiger partial charge in [0.25, 0.3) is 0 Å². The van der Waals surface area contributed by atoms with Crippen LogP contribution in [0.25, 0.3) is 0 Å². The lowest BCUT2D eigenvalue weighted by Gasteiger charge is -1.92. The fourth-order valence-electron chi connectivity index (χ4n) is 0.723. The van der Waals surface area contributed by atoms with Gasteiger partial charge in [-0.3, -0.25) is 14.6 Å². The molecule has 0 aliphatic rings. The van der Waals surface area contributed by atoms with Gasteiger partial charge in [-0.05, 0) is 12.1 Å². The van der Waals surface area contributed by atoms with E-state index in [4.69, 9.17) is 0 Å². The van der Waals surface area contributed by atoms with E-state index in [-0.39, 0.29) is 6.42 Å². The fraction of sp³-hybridized carbons (Fsp3) is 0.125. The minimum atomic E-state index is -0.441. The SMILES string of the molecule is O=CC(=O)Cc1ccccn1. The molecule has 1 rings (SSSR count). The Balaban J connectivity index is 2.65. The molecule has 0 aliphatic carbocycles. The summed E-state index contributed by atoms with van der Waals surface area (Å²) in [5, 5.41) is 0. The van der Waals surface area contributed by atoms with E-state index in [0.717, 1.165) is 0 Å². The first-order valence-corrected chi connectivity index (χ1v) is 3.21. The number of ketones is 1. The molecule has 3 nitrogen and oxygen atoms in total. The van der Waals surface area contributed by atoms with Crippen LogP contribution in [0.15, 0.2) is 24.4 Å². The van der Waals surface area contributed by atoms with Crippen LogP contribution in [0.5, 0.6) is 0 Å². The van der Waals surface area contributed by atoms with Gasteiger partial charge < -0.3 is 0 Å². The first-order valence-electron chi connectivity index (χ1n) is 3.21. The van der Waals surface area contributed by atoms with E-state index in [1.165, 1.54) is 0 Å². The van der Waals surface area contributed by atoms with Gasteiger partial charge in [0.2, 0.25) is 5.78 Å². The Morgan fingerprint density at radius 1 is 1.55 bits per heavy atom. The molecule has 0 atom stereocenters. The van der Waals surface area contributed by atoms with Crippen LogP contribution in [-0.4, -0.2) is 17.1 Å². The number of carbonyl (C=O) groups excluding carboxylic acids is 2. The zero-order valence-corrected chi connectivity index (χ0v) is 5.86. The van der Waals surface area contributed by atoms with Gasteiger partial charge in [-0.25, -0.2) is 0 Å². The fourth-order valence-corrected chi connectivity index (χ4v) is 0.723. The molecular weight excluding hydrogens is 142 g/mol. The van der Waals surface area contributed by atoms with Crippen molar-refractivity contribution in [2.75, 3.05) is 0 Å². The normalized spacial score (nSPS) is 9.09. The van der Waals surface area contributed by atoms with E-state index in [1.54, 1.807) is 24.4 Å². The summed E-state index contributed by atoms with van der Waals surface area (Å²) < 4.78 is 0. The second-order valence-corrected chi connectivity index (χ2v) is 2.08. The van der Waals surface area contributed by atoms with Gasteiger partial charge in [0.15, 0.2) is 6.29 Å². The molecule has 0 fully saturated rings. The maximum Gasteiger partial charge on any atom is 0.201 e. The monoisotopic (exact) mass is 149 g/mol. The number of nitrogens with zero attached hydrogens (tertiary/aromatic N) is 1. The highest BCUT2D eigenvalue weighted by atomic mass is 16.2. The number of pyridine rings is 1. The molecule has 1 aromatic heterocycles. The van der Waals surface area contributed by atoms with E-state index >= 15 is 0 Å². The standard InChI is InChI=1S/C8H7NO2/c10-6-8(11)5-7-3-1-2-4-9-7/h1-4,6H,5H2. The topological polar surface area (TPSA) is 47.0 Å². The van der Waals surface area contributed by atoms with Crippen molar-refractivity contribution in [1.82, 2.24) is 4.98 Å². The molecule has 0 radical (unpaired) electrons. The van der Waals surface area contributed by atoms with Crippen LogP contribution in [-0.2, 0) is 16.0 Å². The maximum atomic E-state index is 10.6. The molecule has 0 saturated heterocycles. The van der Waals surface area contributed by atoms with Crippen molar-refractivity contribution < 1.29 is 9.59 Å². The van der Waals surface area contributed by atoms with Gasteiger partial charge in [-0.2, -0.15) is 0 Å². The summed E-state index contributed by atoms with van der Waals surface area (Å²) in [7, 11) is 0. The highest BCUT2D eigenvalue weighted by Crippen LogP contribution is 1.93. The molecule has 0 aliphatic heterocycles. The van der Waals surface area contributed by atoms with Crippen molar-refractivity contribution in [2.24, 2.45) is 0 Å². The number of hydrogen-bond acceptors (Lipinski definition) is 3. The average Bonchev–Trinajstić information content (AvgIpc) is 2.06. The lowest BCUT2D eigenvalue weighted by Crippen LogP contribution is -2.04. The summed E-state index contributed by atoms with van der Waals surface area (Å²) in [6.45, 7) is 0. The van der Waals surface area contributed by atoms with E-state index < -0.39 is 5.78 Å². The Hall–Kier alpha value is -1.51. The van der Waals surface area contributed by atoms with E-state index in [9.17, 15) is 9.59 Å². The molecule has 1 heterocycles. The van der Waals surface area contributed by atoms with Crippen LogP contribution in [0.2, 0.25) is 0 Å². The van der Waals surface area contributed by atoms with Crippen LogP contribution >= 0.6 is 0 Å². The molecule has 0 N–H and O–H groups in total. The van der Waals surface area contributed by atoms with Gasteiger partial charge in [0.05, 0.1) is 6.42 Å². The van der Waals surface area contributed by atoms with E-state index in [0.29, 0.717) is 12.0 Å². The average molecular weight is 149 g/mol. The van der Waals surface area contributed by atoms with Gasteiger partial charge in [0.1, 0.15) is 0 Å². The van der Waals surface area contributed by atoms with Crippen molar-refractivity contribution in [3.05, 3.63) is 30.1 Å². The molecule has 1 aromatic rings. The zero-order chi connectivity index (χ0) is 8.10. The summed E-state index contributed by atoms with van der Waals surface area (Å²) in [5.74, 6) is -0.441. The van der Waals surface area contributed by atoms with Crippen molar-refractivity contribution in [3.63, 3.8) is 0 Å². The highest BCUT2D eigenvalue weighted by molar-refractivity contribution is 6.25. The Bertz CT molecular complexity index is 256. The summed E-state index contributed by atoms with van der Waals surface area (Å²) in [5.41, 5.74) is 0.629. The molecule has 0 unspecified atom stereocenters. The number of aromatic nitrogens is 1. The molecule has 3 heteroatoms. The van der Waals surface area contributed by atoms with E-state index in [2.05, 4.69) is 4.98 Å². The molecule has 56 valence electrons. The van der Waals surface area contributed by atoms with Crippen molar-refractivity contribution in [3.8, 4) is 0 Å². The molecule has 0 amide bonds. The van der Waals surface area contributed by atoms with Crippen LogP contribution in [0.3, 0.4) is 0 Å². The molecule has 0 bridgehead atoms. The zero-order valence-electron chi connectivity index (χ0n) is 5.86. The molecular formula is C8H7NO2. The van der Waals surface area contributed by atoms with Crippen molar-refractivity contribution in [1.29, 1.82) is 0 Å². The Labute approximate surface area is 64.1 Å². The van der Waals surface area contributed by atoms with Crippen LogP contribution in [0.4, 0.5) is 0 Å². The first kappa shape index (κ1) is 7.60. The summed E-state index contributed by atoms with van der Waals surface area (Å²) in [6, 6.07) is 5.25. The third kappa shape index (κ3) is 2.29. The van der Waals surface area contributed by atoms with Crippen LogP contribution in [0, 0.1) is 0 Å². The Morgan fingerprint density at radius 3 is 2.91 bits per heavy atom. The Morgan fingerprint density at radius 2 is 2.36 bits per heavy atom. The number of carbonyl (C=O) groups is 2. The lowest BCUT2D eigenvalue weighted by atomic mass is 10.2. The maximum absolute atomic E-state index is 10.6. The highest BCUT2D eigenvalue weighted by Gasteiger charge is 2.00. The summed E-state index contributed by atoms with van der Waals surface area (Å²) >= 11 is 0. The molecule has 11 heavy (non-hydrogen) atoms. The quantitative estimate of drug-likeness (QED) is 0.461. The smallest absolute Gasteiger partial charge is 0.201 e. The minimum absolute atomic E-state index is 0.102. The van der Waals surface area contributed by atoms with Crippen molar-refractivity contribution in [2.45, 2.75) is 6.42 Å². The van der Waals surface area contributed by atoms with Crippen molar-refractivity contribution >= 4 is 12.1 Å². The Kier molecular flexibility index (Phi) is 2.49. The largest absolute Gasteiger partial charge is 0.295 e. The number of hydrogen-bond donors (Lipinski definition) is 0. The number of aldehydes is 1. The minimum Gasteiger partial charge on any atom is -0.295 e. The van der Waals surface area contributed by atoms with Gasteiger partial charge >= 0.3 is 0 Å². The molecule has 0 aromatic carbocycles. The second-order valence-electron chi connectivity index (χ2n) is 2.08. The number of Topliss-reactive ketones (excluding diaryl/α,β-unsaturated/α-hetero) is 1. The predicted molar refractivity (Wildman–Crippen MR) is 39.0 cm³/mol. The molecule has 0 spiro atoms. The van der Waals surface area contributed by atoms with E-state index in [1.807, 2.05) is 0 Å². The lowest BCUT2D eigenvalue weighted by molar-refractivity contribution is -0.129. The third-order valence-electron chi connectivity index (χ3n) is 1.21. The second kappa shape index (κ2) is 3.61. The summed E-state index contributed by atoms with van der Waals surface area (Å²) in [6.07, 6.45) is 2.01.